The van der Waals surface area contributed by atoms with Gasteiger partial charge in [0, 0.05) is 0 Å². The maximum atomic E-state index is 13.5. The van der Waals surface area contributed by atoms with Gasteiger partial charge in [0.25, 0.3) is 0 Å². The van der Waals surface area contributed by atoms with Crippen LogP contribution in [0.4, 0.5) is 8.78 Å². The Morgan fingerprint density at radius 3 is 2.31 bits per heavy atom. The number of hydrogen-bond acceptors (Lipinski definition) is 1. The summed E-state index contributed by atoms with van der Waals surface area (Å²) < 4.78 is 31.7. The first kappa shape index (κ1) is 9.38. The van der Waals surface area contributed by atoms with E-state index in [1.807, 2.05) is 0 Å². The summed E-state index contributed by atoms with van der Waals surface area (Å²) in [4.78, 5) is 0. The fourth-order valence-electron chi connectivity index (χ4n) is 2.41. The Morgan fingerprint density at radius 1 is 1.23 bits per heavy atom. The van der Waals surface area contributed by atoms with Gasteiger partial charge in [-0.1, -0.05) is 6.92 Å². The molecule has 0 N–H and O–H groups in total. The average Bonchev–Trinajstić information content (AvgIpc) is 2.40. The highest BCUT2D eigenvalue weighted by molar-refractivity contribution is 5.00. The average molecular weight is 190 g/mol. The molecule has 1 spiro atoms. The van der Waals surface area contributed by atoms with Crippen molar-refractivity contribution in [3.63, 3.8) is 0 Å². The molecule has 0 aromatic rings. The topological polar surface area (TPSA) is 9.23 Å². The van der Waals surface area contributed by atoms with Gasteiger partial charge >= 0.3 is 0 Å². The molecule has 1 heterocycles. The number of hydrogen-bond donors (Lipinski definition) is 0. The van der Waals surface area contributed by atoms with Crippen molar-refractivity contribution in [3.8, 4) is 0 Å². The van der Waals surface area contributed by atoms with Crippen LogP contribution in [0.5, 0.6) is 0 Å². The third kappa shape index (κ3) is 1.47. The van der Waals surface area contributed by atoms with Crippen LogP contribution in [0.25, 0.3) is 0 Å². The van der Waals surface area contributed by atoms with Gasteiger partial charge in [-0.05, 0) is 31.6 Å². The molecule has 1 aliphatic heterocycles. The van der Waals surface area contributed by atoms with Gasteiger partial charge in [-0.2, -0.15) is 0 Å². The highest BCUT2D eigenvalue weighted by Gasteiger charge is 2.51. The lowest BCUT2D eigenvalue weighted by molar-refractivity contribution is -0.0655. The molecular formula is C10H16F2O. The van der Waals surface area contributed by atoms with Gasteiger partial charge in [-0.25, -0.2) is 8.78 Å². The van der Waals surface area contributed by atoms with Gasteiger partial charge in [-0.3, -0.25) is 0 Å². The highest BCUT2D eigenvalue weighted by Crippen LogP contribution is 2.43. The fourth-order valence-corrected chi connectivity index (χ4v) is 2.41. The Hall–Kier alpha value is -0.180. The van der Waals surface area contributed by atoms with E-state index in [4.69, 9.17) is 4.74 Å². The van der Waals surface area contributed by atoms with Crippen molar-refractivity contribution in [2.24, 2.45) is 5.92 Å². The van der Waals surface area contributed by atoms with Crippen LogP contribution >= 0.6 is 0 Å². The number of halogens is 2. The van der Waals surface area contributed by atoms with E-state index >= 15 is 0 Å². The van der Waals surface area contributed by atoms with Crippen molar-refractivity contribution in [2.75, 3.05) is 6.61 Å². The van der Waals surface area contributed by atoms with Gasteiger partial charge in [0.1, 0.15) is 5.60 Å². The SMILES string of the molecule is CC1CCC2(CC1)OCC(F)C2F. The van der Waals surface area contributed by atoms with E-state index in [0.717, 1.165) is 12.8 Å². The second-order valence-electron chi connectivity index (χ2n) is 4.48. The smallest absolute Gasteiger partial charge is 0.162 e. The molecular weight excluding hydrogens is 174 g/mol. The molecule has 1 nitrogen and oxygen atoms in total. The Morgan fingerprint density at radius 2 is 1.85 bits per heavy atom. The van der Waals surface area contributed by atoms with Gasteiger partial charge < -0.3 is 4.74 Å². The molecule has 2 aliphatic rings. The van der Waals surface area contributed by atoms with Crippen LogP contribution in [0, 0.1) is 5.92 Å². The van der Waals surface area contributed by atoms with Crippen LogP contribution in [0.1, 0.15) is 32.6 Å². The molecule has 13 heavy (non-hydrogen) atoms. The summed E-state index contributed by atoms with van der Waals surface area (Å²) in [6, 6.07) is 0. The maximum Gasteiger partial charge on any atom is 0.162 e. The van der Waals surface area contributed by atoms with Crippen molar-refractivity contribution in [2.45, 2.75) is 50.6 Å². The number of ether oxygens (including phenoxy) is 1. The van der Waals surface area contributed by atoms with Crippen molar-refractivity contribution in [1.29, 1.82) is 0 Å². The minimum atomic E-state index is -1.39. The molecule has 2 rings (SSSR count). The van der Waals surface area contributed by atoms with E-state index in [0.29, 0.717) is 18.8 Å². The zero-order valence-corrected chi connectivity index (χ0v) is 7.93. The minimum Gasteiger partial charge on any atom is -0.369 e. The normalized spacial score (nSPS) is 51.5. The molecule has 1 saturated carbocycles. The first-order chi connectivity index (χ1) is 6.14. The molecule has 2 unspecified atom stereocenters. The Labute approximate surface area is 77.5 Å². The number of rotatable bonds is 0. The molecule has 0 bridgehead atoms. The van der Waals surface area contributed by atoms with Crippen molar-refractivity contribution in [1.82, 2.24) is 0 Å². The van der Waals surface area contributed by atoms with E-state index in [9.17, 15) is 8.78 Å². The molecule has 3 heteroatoms. The molecule has 1 aliphatic carbocycles. The molecule has 0 aromatic carbocycles. The van der Waals surface area contributed by atoms with Gasteiger partial charge in [0.05, 0.1) is 6.61 Å². The standard InChI is InChI=1S/C10H16F2O/c1-7-2-4-10(5-3-7)9(12)8(11)6-13-10/h7-9H,2-6H2,1H3. The van der Waals surface area contributed by atoms with E-state index in [1.54, 1.807) is 0 Å². The molecule has 2 atom stereocenters. The van der Waals surface area contributed by atoms with Crippen LogP contribution in [0.3, 0.4) is 0 Å². The van der Waals surface area contributed by atoms with E-state index < -0.39 is 17.9 Å². The predicted octanol–water partition coefficient (Wildman–Crippen LogP) is 2.64. The monoisotopic (exact) mass is 190 g/mol. The maximum absolute atomic E-state index is 13.5. The summed E-state index contributed by atoms with van der Waals surface area (Å²) in [5.41, 5.74) is -0.758. The summed E-state index contributed by atoms with van der Waals surface area (Å²) in [7, 11) is 0. The summed E-state index contributed by atoms with van der Waals surface area (Å²) in [5.74, 6) is 0.639. The van der Waals surface area contributed by atoms with Gasteiger partial charge in [-0.15, -0.1) is 0 Å². The van der Waals surface area contributed by atoms with Crippen LogP contribution in [-0.4, -0.2) is 24.6 Å². The lowest BCUT2D eigenvalue weighted by Gasteiger charge is -2.36. The molecule has 0 amide bonds. The first-order valence-electron chi connectivity index (χ1n) is 5.06. The van der Waals surface area contributed by atoms with Crippen LogP contribution in [-0.2, 0) is 4.74 Å². The zero-order chi connectivity index (χ0) is 9.47. The summed E-state index contributed by atoms with van der Waals surface area (Å²) in [6.07, 6.45) is 0.527. The Kier molecular flexibility index (Phi) is 2.30. The Bertz CT molecular complexity index is 187. The number of alkyl halides is 2. The van der Waals surface area contributed by atoms with Gasteiger partial charge in [0.2, 0.25) is 0 Å². The van der Waals surface area contributed by atoms with Crippen LogP contribution < -0.4 is 0 Å². The molecule has 0 radical (unpaired) electrons. The molecule has 76 valence electrons. The summed E-state index contributed by atoms with van der Waals surface area (Å²) in [6.45, 7) is 2.11. The summed E-state index contributed by atoms with van der Waals surface area (Å²) >= 11 is 0. The van der Waals surface area contributed by atoms with Gasteiger partial charge in [0.15, 0.2) is 12.3 Å². The van der Waals surface area contributed by atoms with Crippen LogP contribution in [0.15, 0.2) is 0 Å². The Balaban J connectivity index is 2.05. The largest absolute Gasteiger partial charge is 0.369 e. The van der Waals surface area contributed by atoms with E-state index in [1.165, 1.54) is 0 Å². The molecule has 0 aromatic heterocycles. The molecule has 1 saturated heterocycles. The third-order valence-corrected chi connectivity index (χ3v) is 3.47. The lowest BCUT2D eigenvalue weighted by Crippen LogP contribution is -2.42. The third-order valence-electron chi connectivity index (χ3n) is 3.47. The highest BCUT2D eigenvalue weighted by atomic mass is 19.2. The summed E-state index contributed by atoms with van der Waals surface area (Å²) in [5, 5.41) is 0. The fraction of sp³-hybridized carbons (Fsp3) is 1.00. The second kappa shape index (κ2) is 3.19. The first-order valence-corrected chi connectivity index (χ1v) is 5.06. The lowest BCUT2D eigenvalue weighted by atomic mass is 9.77. The quantitative estimate of drug-likeness (QED) is 0.570. The van der Waals surface area contributed by atoms with Crippen molar-refractivity contribution >= 4 is 0 Å². The minimum absolute atomic E-state index is 0.0461. The van der Waals surface area contributed by atoms with Crippen molar-refractivity contribution < 1.29 is 13.5 Å². The van der Waals surface area contributed by atoms with E-state index in [-0.39, 0.29) is 6.61 Å². The van der Waals surface area contributed by atoms with E-state index in [2.05, 4.69) is 6.92 Å². The second-order valence-corrected chi connectivity index (χ2v) is 4.48. The van der Waals surface area contributed by atoms with Crippen LogP contribution in [0.2, 0.25) is 0 Å². The zero-order valence-electron chi connectivity index (χ0n) is 7.93. The van der Waals surface area contributed by atoms with Crippen molar-refractivity contribution in [3.05, 3.63) is 0 Å². The molecule has 2 fully saturated rings. The predicted molar refractivity (Wildman–Crippen MR) is 46.1 cm³/mol.